The topological polar surface area (TPSA) is 59.8 Å². The molecule has 3 aromatic carbocycles. The molecule has 4 aromatic rings. The Morgan fingerprint density at radius 2 is 1.90 bits per heavy atom. The number of fused-ring (bicyclic) bond motifs is 1. The number of carbonyl (C=O) groups excluding carboxylic acids is 1. The highest BCUT2D eigenvalue weighted by molar-refractivity contribution is 7.99. The Balaban J connectivity index is 1.42. The Morgan fingerprint density at radius 3 is 2.73 bits per heavy atom. The highest BCUT2D eigenvalue weighted by atomic mass is 35.5. The van der Waals surface area contributed by atoms with Gasteiger partial charge in [0.1, 0.15) is 5.82 Å². The molecule has 7 heteroatoms. The molecule has 1 aromatic heterocycles. The van der Waals surface area contributed by atoms with Gasteiger partial charge in [-0.1, -0.05) is 71.9 Å². The third kappa shape index (κ3) is 4.50. The van der Waals surface area contributed by atoms with Crippen molar-refractivity contribution in [3.63, 3.8) is 0 Å². The zero-order valence-corrected chi connectivity index (χ0v) is 18.3. The van der Waals surface area contributed by atoms with Crippen LogP contribution in [-0.2, 0) is 18.3 Å². The van der Waals surface area contributed by atoms with E-state index < -0.39 is 0 Å². The van der Waals surface area contributed by atoms with Gasteiger partial charge >= 0.3 is 0 Å². The first-order valence-corrected chi connectivity index (χ1v) is 10.9. The summed E-state index contributed by atoms with van der Waals surface area (Å²) in [6, 6.07) is 20.1. The average molecular weight is 437 g/mol. The molecule has 5 nitrogen and oxygen atoms in total. The number of hydrogen-bond donors (Lipinski definition) is 1. The fourth-order valence-corrected chi connectivity index (χ4v) is 4.15. The summed E-state index contributed by atoms with van der Waals surface area (Å²) < 4.78 is 1.95. The molecule has 0 saturated heterocycles. The van der Waals surface area contributed by atoms with Crippen LogP contribution in [0.25, 0.3) is 10.8 Å². The van der Waals surface area contributed by atoms with Crippen molar-refractivity contribution in [2.24, 2.45) is 7.05 Å². The molecule has 0 bridgehead atoms. The number of nitrogens with zero attached hydrogens (tertiary/aromatic N) is 3. The number of amides is 1. The van der Waals surface area contributed by atoms with Crippen LogP contribution in [0.4, 0.5) is 5.69 Å². The van der Waals surface area contributed by atoms with Gasteiger partial charge in [0.25, 0.3) is 0 Å². The Morgan fingerprint density at radius 1 is 1.10 bits per heavy atom. The minimum absolute atomic E-state index is 0.112. The van der Waals surface area contributed by atoms with E-state index in [1.807, 2.05) is 42.8 Å². The van der Waals surface area contributed by atoms with Crippen LogP contribution < -0.4 is 5.32 Å². The van der Waals surface area contributed by atoms with E-state index in [0.717, 1.165) is 11.4 Å². The van der Waals surface area contributed by atoms with E-state index in [1.54, 1.807) is 6.07 Å². The number of aryl methyl sites for hydroxylation is 1. The summed E-state index contributed by atoms with van der Waals surface area (Å²) in [4.78, 5) is 12.3. The van der Waals surface area contributed by atoms with Gasteiger partial charge in [-0.15, -0.1) is 10.2 Å². The predicted octanol–water partition coefficient (Wildman–Crippen LogP) is 5.25. The monoisotopic (exact) mass is 436 g/mol. The molecule has 1 heterocycles. The highest BCUT2D eigenvalue weighted by Gasteiger charge is 2.13. The number of thioether (sulfide) groups is 1. The molecule has 0 aliphatic heterocycles. The lowest BCUT2D eigenvalue weighted by Crippen LogP contribution is -2.14. The summed E-state index contributed by atoms with van der Waals surface area (Å²) in [5, 5.41) is 15.2. The molecule has 0 unspecified atom stereocenters. The van der Waals surface area contributed by atoms with Crippen molar-refractivity contribution >= 4 is 45.7 Å². The summed E-state index contributed by atoms with van der Waals surface area (Å²) in [5.41, 5.74) is 2.86. The fraction of sp³-hybridized carbons (Fsp3) is 0.174. The summed E-state index contributed by atoms with van der Waals surface area (Å²) in [6.45, 7) is 1.92. The van der Waals surface area contributed by atoms with Crippen LogP contribution in [0.3, 0.4) is 0 Å². The zero-order chi connectivity index (χ0) is 21.1. The van der Waals surface area contributed by atoms with Crippen LogP contribution in [0.1, 0.15) is 17.0 Å². The zero-order valence-electron chi connectivity index (χ0n) is 16.7. The molecule has 30 heavy (non-hydrogen) atoms. The molecule has 0 fully saturated rings. The van der Waals surface area contributed by atoms with Crippen molar-refractivity contribution in [3.05, 3.63) is 82.6 Å². The van der Waals surface area contributed by atoms with E-state index in [0.29, 0.717) is 22.3 Å². The van der Waals surface area contributed by atoms with Crippen LogP contribution in [-0.4, -0.2) is 26.4 Å². The van der Waals surface area contributed by atoms with Crippen LogP contribution >= 0.6 is 23.4 Å². The number of anilines is 1. The summed E-state index contributed by atoms with van der Waals surface area (Å²) in [6.07, 6.45) is 0.680. The lowest BCUT2D eigenvalue weighted by molar-refractivity contribution is -0.113. The van der Waals surface area contributed by atoms with Crippen molar-refractivity contribution in [3.8, 4) is 0 Å². The maximum absolute atomic E-state index is 12.3. The molecule has 1 amide bonds. The van der Waals surface area contributed by atoms with Gasteiger partial charge in [0.15, 0.2) is 5.16 Å². The highest BCUT2D eigenvalue weighted by Crippen LogP contribution is 2.23. The Labute approximate surface area is 184 Å². The van der Waals surface area contributed by atoms with Crippen molar-refractivity contribution in [1.82, 2.24) is 14.8 Å². The van der Waals surface area contributed by atoms with E-state index in [1.165, 1.54) is 28.1 Å². The van der Waals surface area contributed by atoms with Crippen molar-refractivity contribution in [2.75, 3.05) is 11.1 Å². The molecule has 0 aliphatic rings. The van der Waals surface area contributed by atoms with Crippen molar-refractivity contribution in [1.29, 1.82) is 0 Å². The molecule has 1 N–H and O–H groups in total. The molecular weight excluding hydrogens is 416 g/mol. The fourth-order valence-electron chi connectivity index (χ4n) is 3.24. The van der Waals surface area contributed by atoms with Gasteiger partial charge in [0.05, 0.1) is 5.75 Å². The number of benzene rings is 3. The third-order valence-corrected chi connectivity index (χ3v) is 6.37. The smallest absolute Gasteiger partial charge is 0.234 e. The normalized spacial score (nSPS) is 11.0. The number of rotatable bonds is 6. The third-order valence-electron chi connectivity index (χ3n) is 4.94. The Bertz CT molecular complexity index is 1220. The van der Waals surface area contributed by atoms with E-state index in [9.17, 15) is 4.79 Å². The Kier molecular flexibility index (Phi) is 6.06. The van der Waals surface area contributed by atoms with Crippen molar-refractivity contribution in [2.45, 2.75) is 18.5 Å². The van der Waals surface area contributed by atoms with E-state index in [2.05, 4.69) is 45.8 Å². The van der Waals surface area contributed by atoms with Crippen LogP contribution in [0.5, 0.6) is 0 Å². The van der Waals surface area contributed by atoms with Gasteiger partial charge in [-0.05, 0) is 41.0 Å². The number of aromatic nitrogens is 3. The minimum atomic E-state index is -0.112. The van der Waals surface area contributed by atoms with Gasteiger partial charge in [-0.2, -0.15) is 0 Å². The predicted molar refractivity (Wildman–Crippen MR) is 123 cm³/mol. The quantitative estimate of drug-likeness (QED) is 0.419. The molecule has 0 atom stereocenters. The van der Waals surface area contributed by atoms with Crippen LogP contribution in [0.2, 0.25) is 5.02 Å². The lowest BCUT2D eigenvalue weighted by atomic mass is 10.0. The van der Waals surface area contributed by atoms with Gasteiger partial charge in [0.2, 0.25) is 5.91 Å². The second-order valence-corrected chi connectivity index (χ2v) is 8.42. The van der Waals surface area contributed by atoms with Crippen LogP contribution in [0, 0.1) is 6.92 Å². The average Bonchev–Trinajstić information content (AvgIpc) is 3.09. The minimum Gasteiger partial charge on any atom is -0.325 e. The van der Waals surface area contributed by atoms with Gasteiger partial charge in [0, 0.05) is 24.2 Å². The second kappa shape index (κ2) is 8.90. The first-order chi connectivity index (χ1) is 14.5. The van der Waals surface area contributed by atoms with E-state index in [4.69, 9.17) is 11.6 Å². The molecular formula is C23H21ClN4OS. The summed E-state index contributed by atoms with van der Waals surface area (Å²) >= 11 is 7.48. The number of halogens is 1. The Hall–Kier alpha value is -2.83. The molecule has 0 spiro atoms. The summed E-state index contributed by atoms with van der Waals surface area (Å²) in [7, 11) is 1.93. The van der Waals surface area contributed by atoms with Gasteiger partial charge in [-0.25, -0.2) is 0 Å². The van der Waals surface area contributed by atoms with Crippen LogP contribution in [0.15, 0.2) is 65.8 Å². The number of nitrogens with one attached hydrogen (secondary N) is 1. The van der Waals surface area contributed by atoms with Crippen molar-refractivity contribution < 1.29 is 4.79 Å². The maximum atomic E-state index is 12.3. The van der Waals surface area contributed by atoms with Gasteiger partial charge in [-0.3, -0.25) is 4.79 Å². The standard InChI is InChI=1S/C23H21ClN4OS/c1-15-10-11-18(13-20(15)24)25-22(29)14-30-23-27-26-21(28(23)2)12-17-8-5-7-16-6-3-4-9-19(16)17/h3-11,13H,12,14H2,1-2H3,(H,25,29). The molecule has 0 radical (unpaired) electrons. The first-order valence-electron chi connectivity index (χ1n) is 9.55. The first kappa shape index (κ1) is 20.4. The van der Waals surface area contributed by atoms with E-state index in [-0.39, 0.29) is 11.7 Å². The molecule has 0 aliphatic carbocycles. The molecule has 152 valence electrons. The second-order valence-electron chi connectivity index (χ2n) is 7.07. The number of hydrogen-bond acceptors (Lipinski definition) is 4. The largest absolute Gasteiger partial charge is 0.325 e. The van der Waals surface area contributed by atoms with Gasteiger partial charge < -0.3 is 9.88 Å². The lowest BCUT2D eigenvalue weighted by Gasteiger charge is -2.08. The summed E-state index contributed by atoms with van der Waals surface area (Å²) in [5.74, 6) is 0.990. The number of carbonyl (C=O) groups is 1. The molecule has 0 saturated carbocycles. The van der Waals surface area contributed by atoms with E-state index >= 15 is 0 Å². The maximum Gasteiger partial charge on any atom is 0.234 e. The molecule has 4 rings (SSSR count). The SMILES string of the molecule is Cc1ccc(NC(=O)CSc2nnc(Cc3cccc4ccccc34)n2C)cc1Cl.